The first kappa shape index (κ1) is 18.9. The first-order chi connectivity index (χ1) is 11.7. The van der Waals surface area contributed by atoms with E-state index in [1.54, 1.807) is 12.1 Å². The van der Waals surface area contributed by atoms with Gasteiger partial charge in [0.15, 0.2) is 0 Å². The zero-order valence-corrected chi connectivity index (χ0v) is 15.3. The van der Waals surface area contributed by atoms with Crippen molar-refractivity contribution >= 4 is 15.9 Å². The van der Waals surface area contributed by atoms with Crippen LogP contribution in [-0.4, -0.2) is 39.4 Å². The van der Waals surface area contributed by atoms with Crippen LogP contribution in [0.2, 0.25) is 0 Å². The molecule has 1 heterocycles. The van der Waals surface area contributed by atoms with Crippen LogP contribution in [0, 0.1) is 0 Å². The number of carbonyl (C=O) groups excluding carboxylic acids is 1. The van der Waals surface area contributed by atoms with Crippen LogP contribution in [0.25, 0.3) is 0 Å². The number of nitrogens with zero attached hydrogens (tertiary/aromatic N) is 1. The minimum atomic E-state index is -3.55. The fourth-order valence-corrected chi connectivity index (χ4v) is 3.78. The third-order valence-electron chi connectivity index (χ3n) is 3.73. The summed E-state index contributed by atoms with van der Waals surface area (Å²) < 4.78 is 25.1. The lowest BCUT2D eigenvalue weighted by Crippen LogP contribution is -2.38. The van der Waals surface area contributed by atoms with E-state index in [-0.39, 0.29) is 10.5 Å². The second kappa shape index (κ2) is 7.63. The lowest BCUT2D eigenvalue weighted by molar-refractivity contribution is -0.897. The van der Waals surface area contributed by atoms with E-state index in [0.29, 0.717) is 0 Å². The van der Waals surface area contributed by atoms with Crippen LogP contribution in [-0.2, 0) is 16.6 Å². The largest absolute Gasteiger partial charge is 0.321 e. The molecule has 1 aliphatic rings. The second-order valence-corrected chi connectivity index (χ2v) is 8.13. The van der Waals surface area contributed by atoms with Crippen LogP contribution >= 0.6 is 0 Å². The molecule has 5 nitrogen and oxygen atoms in total. The van der Waals surface area contributed by atoms with Crippen LogP contribution in [0.4, 0.5) is 0 Å². The van der Waals surface area contributed by atoms with Crippen molar-refractivity contribution in [2.75, 3.05) is 20.6 Å². The normalized spacial score (nSPS) is 14.7. The van der Waals surface area contributed by atoms with Gasteiger partial charge in [-0.3, -0.25) is 4.79 Å². The van der Waals surface area contributed by atoms with Gasteiger partial charge in [0.1, 0.15) is 11.4 Å². The summed E-state index contributed by atoms with van der Waals surface area (Å²) in [5.74, 6) is -0.550. The average molecular weight is 359 g/mol. The molecule has 0 saturated carbocycles. The molecule has 0 aliphatic carbocycles. The topological polar surface area (TPSA) is 63.2 Å². The lowest BCUT2D eigenvalue weighted by Gasteiger charge is -2.28. The number of sulfonamides is 1. The zero-order valence-electron chi connectivity index (χ0n) is 14.5. The number of carbonyl (C=O) groups is 1. The maximum absolute atomic E-state index is 11.1. The molecule has 0 bridgehead atoms. The van der Waals surface area contributed by atoms with Crippen molar-refractivity contribution in [1.29, 1.82) is 0 Å². The summed E-state index contributed by atoms with van der Waals surface area (Å²) in [6.07, 6.45) is 1.98. The van der Waals surface area contributed by atoms with Crippen molar-refractivity contribution in [2.45, 2.75) is 11.4 Å². The van der Waals surface area contributed by atoms with Gasteiger partial charge in [0.05, 0.1) is 26.2 Å². The van der Waals surface area contributed by atoms with Gasteiger partial charge in [-0.2, -0.15) is 0 Å². The molecule has 0 aromatic heterocycles. The van der Waals surface area contributed by atoms with E-state index in [0.717, 1.165) is 17.6 Å². The maximum atomic E-state index is 11.1. The maximum Gasteiger partial charge on any atom is 0.266 e. The van der Waals surface area contributed by atoms with Crippen molar-refractivity contribution in [3.63, 3.8) is 0 Å². The smallest absolute Gasteiger partial charge is 0.266 e. The summed E-state index contributed by atoms with van der Waals surface area (Å²) in [7, 11) is 0.880. The Balaban J connectivity index is 0.000000181. The van der Waals surface area contributed by atoms with E-state index in [9.17, 15) is 13.2 Å². The van der Waals surface area contributed by atoms with Crippen molar-refractivity contribution in [3.8, 4) is 0 Å². The predicted molar refractivity (Wildman–Crippen MR) is 98.4 cm³/mol. The first-order valence-corrected chi connectivity index (χ1v) is 9.36. The van der Waals surface area contributed by atoms with Crippen LogP contribution < -0.4 is 4.72 Å². The molecule has 1 N–H and O–H groups in total. The molecule has 132 valence electrons. The zero-order chi connectivity index (χ0) is 18.5. The number of quaternary nitrogens is 1. The molecule has 6 heteroatoms. The molecule has 0 fully saturated rings. The van der Waals surface area contributed by atoms with Crippen molar-refractivity contribution < 1.29 is 17.7 Å². The Morgan fingerprint density at radius 2 is 1.64 bits per heavy atom. The van der Waals surface area contributed by atoms with E-state index in [2.05, 4.69) is 51.0 Å². The van der Waals surface area contributed by atoms with Crippen LogP contribution in [0.3, 0.4) is 0 Å². The van der Waals surface area contributed by atoms with E-state index in [1.807, 2.05) is 10.8 Å². The minimum absolute atomic E-state index is 0.0648. The standard InChI is InChI=1S/C12H18N.C7H5NO3S/c1-4-10-13(2,3)11-12-8-6-5-7-9-12;9-7-5-3-1-2-4-6(5)12(10,11)8-7/h4-9H,1,10-11H2,2-3H3;1-4H,(H,8,9)/q+1;. The van der Waals surface area contributed by atoms with Gasteiger partial charge in [0, 0.05) is 5.56 Å². The molecule has 3 rings (SSSR count). The van der Waals surface area contributed by atoms with E-state index in [1.165, 1.54) is 17.7 Å². The molecule has 0 radical (unpaired) electrons. The Morgan fingerprint density at radius 3 is 2.24 bits per heavy atom. The molecule has 1 amide bonds. The number of hydrogen-bond acceptors (Lipinski definition) is 3. The lowest BCUT2D eigenvalue weighted by atomic mass is 10.2. The summed E-state index contributed by atoms with van der Waals surface area (Å²) >= 11 is 0. The summed E-state index contributed by atoms with van der Waals surface area (Å²) in [4.78, 5) is 11.1. The van der Waals surface area contributed by atoms with Gasteiger partial charge >= 0.3 is 0 Å². The van der Waals surface area contributed by atoms with Crippen LogP contribution in [0.5, 0.6) is 0 Å². The number of likely N-dealkylation sites (N-methyl/N-ethyl adjacent to an activating group) is 1. The fraction of sp³-hybridized carbons (Fsp3) is 0.211. The van der Waals surface area contributed by atoms with E-state index in [4.69, 9.17) is 0 Å². The summed E-state index contributed by atoms with van der Waals surface area (Å²) in [5, 5.41) is 0. The quantitative estimate of drug-likeness (QED) is 0.674. The SMILES string of the molecule is C=CC[N+](C)(C)Cc1ccccc1.O=C1NS(=O)(=O)c2ccccc21. The Kier molecular flexibility index (Phi) is 5.77. The first-order valence-electron chi connectivity index (χ1n) is 7.88. The van der Waals surface area contributed by atoms with E-state index < -0.39 is 15.9 Å². The third kappa shape index (κ3) is 5.01. The summed E-state index contributed by atoms with van der Waals surface area (Å²) in [5.41, 5.74) is 1.60. The molecular weight excluding hydrogens is 336 g/mol. The predicted octanol–water partition coefficient (Wildman–Crippen LogP) is 2.57. The van der Waals surface area contributed by atoms with Gasteiger partial charge < -0.3 is 4.48 Å². The van der Waals surface area contributed by atoms with Crippen LogP contribution in [0.1, 0.15) is 15.9 Å². The summed E-state index contributed by atoms with van der Waals surface area (Å²) in [6.45, 7) is 5.84. The molecule has 0 atom stereocenters. The number of rotatable bonds is 4. The van der Waals surface area contributed by atoms with Gasteiger partial charge in [-0.15, -0.1) is 0 Å². The number of nitrogens with one attached hydrogen (secondary N) is 1. The molecule has 25 heavy (non-hydrogen) atoms. The number of fused-ring (bicyclic) bond motifs is 1. The molecule has 0 unspecified atom stereocenters. The molecule has 0 spiro atoms. The summed E-state index contributed by atoms with van der Waals surface area (Å²) in [6, 6.07) is 16.7. The third-order valence-corrected chi connectivity index (χ3v) is 5.11. The highest BCUT2D eigenvalue weighted by atomic mass is 32.2. The Morgan fingerprint density at radius 1 is 1.04 bits per heavy atom. The molecular formula is C19H23N2O3S+. The van der Waals surface area contributed by atoms with Gasteiger partial charge in [-0.05, 0) is 18.2 Å². The number of benzene rings is 2. The van der Waals surface area contributed by atoms with Gasteiger partial charge in [0.25, 0.3) is 15.9 Å². The Labute approximate surface area is 149 Å². The Hall–Kier alpha value is -2.44. The van der Waals surface area contributed by atoms with Gasteiger partial charge in [0.2, 0.25) is 0 Å². The highest BCUT2D eigenvalue weighted by molar-refractivity contribution is 7.90. The van der Waals surface area contributed by atoms with Gasteiger partial charge in [-0.1, -0.05) is 49.0 Å². The van der Waals surface area contributed by atoms with Crippen molar-refractivity contribution in [3.05, 3.63) is 78.4 Å². The highest BCUT2D eigenvalue weighted by Gasteiger charge is 2.31. The highest BCUT2D eigenvalue weighted by Crippen LogP contribution is 2.20. The monoisotopic (exact) mass is 359 g/mol. The van der Waals surface area contributed by atoms with Crippen LogP contribution in [0.15, 0.2) is 72.1 Å². The number of hydrogen-bond donors (Lipinski definition) is 1. The molecule has 0 saturated heterocycles. The van der Waals surface area contributed by atoms with Crippen molar-refractivity contribution in [2.24, 2.45) is 0 Å². The molecule has 2 aromatic carbocycles. The Bertz CT molecular complexity index is 859. The fourth-order valence-electron chi connectivity index (χ4n) is 2.61. The van der Waals surface area contributed by atoms with Crippen molar-refractivity contribution in [1.82, 2.24) is 4.72 Å². The average Bonchev–Trinajstić information content (AvgIpc) is 2.78. The van der Waals surface area contributed by atoms with E-state index >= 15 is 0 Å². The molecule has 2 aromatic rings. The molecule has 1 aliphatic heterocycles. The second-order valence-electron chi connectivity index (χ2n) is 6.48. The number of amides is 1. The minimum Gasteiger partial charge on any atom is -0.321 e. The van der Waals surface area contributed by atoms with Gasteiger partial charge in [-0.25, -0.2) is 13.1 Å².